The first kappa shape index (κ1) is 8.49. The predicted octanol–water partition coefficient (Wildman–Crippen LogP) is 3.65. The molecule has 1 aromatic rings. The molecule has 0 N–H and O–H groups in total. The molecule has 2 rings (SSSR count). The molecule has 1 heteroatoms. The molecule has 1 aliphatic carbocycles. The lowest BCUT2D eigenvalue weighted by Gasteiger charge is -2.19. The Labute approximate surface area is 78.1 Å². The third-order valence-electron chi connectivity index (χ3n) is 2.72. The van der Waals surface area contributed by atoms with Gasteiger partial charge in [0.2, 0.25) is 0 Å². The molecule has 0 amide bonds. The Hall–Kier alpha value is -1.11. The summed E-state index contributed by atoms with van der Waals surface area (Å²) in [6.45, 7) is 4.10. The molecule has 0 heterocycles. The molecule has 0 aliphatic heterocycles. The maximum Gasteiger partial charge on any atom is 0.127 e. The lowest BCUT2D eigenvalue weighted by molar-refractivity contribution is 0.586. The van der Waals surface area contributed by atoms with Crippen molar-refractivity contribution in [2.45, 2.75) is 26.2 Å². The fourth-order valence-corrected chi connectivity index (χ4v) is 1.95. The summed E-state index contributed by atoms with van der Waals surface area (Å²) in [5.74, 6) is 0.261. The van der Waals surface area contributed by atoms with Crippen LogP contribution in [-0.2, 0) is 0 Å². The van der Waals surface area contributed by atoms with Gasteiger partial charge in [0.1, 0.15) is 5.82 Å². The van der Waals surface area contributed by atoms with Crippen LogP contribution in [-0.4, -0.2) is 0 Å². The molecule has 68 valence electrons. The molecule has 13 heavy (non-hydrogen) atoms. The molecule has 0 fully saturated rings. The molecule has 0 unspecified atom stereocenters. The van der Waals surface area contributed by atoms with E-state index in [-0.39, 0.29) is 5.82 Å². The van der Waals surface area contributed by atoms with Gasteiger partial charge in [-0.25, -0.2) is 4.39 Å². The molecular formula is C12H13F. The van der Waals surface area contributed by atoms with Crippen molar-refractivity contribution in [3.8, 4) is 0 Å². The zero-order valence-corrected chi connectivity index (χ0v) is 7.97. The fraction of sp³-hybridized carbons (Fsp3) is 0.333. The highest BCUT2D eigenvalue weighted by atomic mass is 19.1. The molecule has 1 atom stereocenters. The molecule has 0 spiro atoms. The van der Waals surface area contributed by atoms with E-state index in [4.69, 9.17) is 0 Å². The molecular weight excluding hydrogens is 163 g/mol. The molecule has 1 aliphatic rings. The van der Waals surface area contributed by atoms with Crippen molar-refractivity contribution in [3.05, 3.63) is 40.7 Å². The van der Waals surface area contributed by atoms with Gasteiger partial charge in [-0.2, -0.15) is 0 Å². The van der Waals surface area contributed by atoms with Crippen LogP contribution in [0.1, 0.15) is 36.0 Å². The van der Waals surface area contributed by atoms with Crippen LogP contribution in [0.25, 0.3) is 6.08 Å². The van der Waals surface area contributed by atoms with Crippen molar-refractivity contribution in [2.24, 2.45) is 0 Å². The van der Waals surface area contributed by atoms with Gasteiger partial charge >= 0.3 is 0 Å². The highest BCUT2D eigenvalue weighted by Gasteiger charge is 2.17. The highest BCUT2D eigenvalue weighted by Crippen LogP contribution is 2.33. The Bertz CT molecular complexity index is 364. The van der Waals surface area contributed by atoms with Crippen LogP contribution in [0.2, 0.25) is 0 Å². The SMILES string of the molecule is Cc1ccc(F)c2c1C=CC[C@H]2C. The fourth-order valence-electron chi connectivity index (χ4n) is 1.95. The van der Waals surface area contributed by atoms with E-state index in [1.165, 1.54) is 5.56 Å². The Balaban J connectivity index is 2.69. The van der Waals surface area contributed by atoms with Gasteiger partial charge in [-0.15, -0.1) is 0 Å². The minimum atomic E-state index is -0.0579. The van der Waals surface area contributed by atoms with Gasteiger partial charge in [0.05, 0.1) is 0 Å². The number of hydrogen-bond donors (Lipinski definition) is 0. The van der Waals surface area contributed by atoms with Gasteiger partial charge in [0.15, 0.2) is 0 Å². The van der Waals surface area contributed by atoms with E-state index in [1.54, 1.807) is 6.07 Å². The van der Waals surface area contributed by atoms with Gasteiger partial charge < -0.3 is 0 Å². The molecule has 0 saturated carbocycles. The Morgan fingerprint density at radius 1 is 1.38 bits per heavy atom. The van der Waals surface area contributed by atoms with Crippen molar-refractivity contribution < 1.29 is 4.39 Å². The van der Waals surface area contributed by atoms with Crippen LogP contribution in [0.4, 0.5) is 4.39 Å². The number of hydrogen-bond acceptors (Lipinski definition) is 0. The Morgan fingerprint density at radius 3 is 2.85 bits per heavy atom. The molecule has 0 bridgehead atoms. The summed E-state index contributed by atoms with van der Waals surface area (Å²) in [5, 5.41) is 0. The Kier molecular flexibility index (Phi) is 1.95. The first-order valence-electron chi connectivity index (χ1n) is 4.65. The number of allylic oxidation sites excluding steroid dienone is 1. The van der Waals surface area contributed by atoms with Crippen LogP contribution in [0.3, 0.4) is 0 Å². The van der Waals surface area contributed by atoms with Crippen LogP contribution < -0.4 is 0 Å². The molecule has 0 saturated heterocycles. The first-order chi connectivity index (χ1) is 6.20. The van der Waals surface area contributed by atoms with E-state index in [9.17, 15) is 4.39 Å². The van der Waals surface area contributed by atoms with Crippen LogP contribution >= 0.6 is 0 Å². The monoisotopic (exact) mass is 176 g/mol. The lowest BCUT2D eigenvalue weighted by atomic mass is 9.86. The lowest BCUT2D eigenvalue weighted by Crippen LogP contribution is -2.04. The number of fused-ring (bicyclic) bond motifs is 1. The van der Waals surface area contributed by atoms with Gasteiger partial charge in [0, 0.05) is 0 Å². The van der Waals surface area contributed by atoms with E-state index in [0.29, 0.717) is 5.92 Å². The van der Waals surface area contributed by atoms with Crippen molar-refractivity contribution >= 4 is 6.08 Å². The standard InChI is InChI=1S/C12H13F/c1-8-6-7-11(13)12-9(2)4-3-5-10(8)12/h3,5-7,9H,4H2,1-2H3/t9-/m1/s1. The third-order valence-corrected chi connectivity index (χ3v) is 2.72. The largest absolute Gasteiger partial charge is 0.207 e. The minimum absolute atomic E-state index is 0.0579. The van der Waals surface area contributed by atoms with Crippen LogP contribution in [0, 0.1) is 12.7 Å². The van der Waals surface area contributed by atoms with Gasteiger partial charge in [-0.1, -0.05) is 25.1 Å². The van der Waals surface area contributed by atoms with E-state index in [1.807, 2.05) is 19.1 Å². The zero-order chi connectivity index (χ0) is 9.42. The summed E-state index contributed by atoms with van der Waals surface area (Å²) in [5.41, 5.74) is 3.14. The van der Waals surface area contributed by atoms with Gasteiger partial charge in [-0.3, -0.25) is 0 Å². The summed E-state index contributed by atoms with van der Waals surface area (Å²) < 4.78 is 13.5. The van der Waals surface area contributed by atoms with Crippen LogP contribution in [0.15, 0.2) is 18.2 Å². The normalized spacial score (nSPS) is 20.1. The maximum absolute atomic E-state index is 13.5. The van der Waals surface area contributed by atoms with Crippen LogP contribution in [0.5, 0.6) is 0 Å². The zero-order valence-electron chi connectivity index (χ0n) is 7.97. The van der Waals surface area contributed by atoms with Crippen molar-refractivity contribution in [3.63, 3.8) is 0 Å². The van der Waals surface area contributed by atoms with Gasteiger partial charge in [-0.05, 0) is 42.0 Å². The van der Waals surface area contributed by atoms with Gasteiger partial charge in [0.25, 0.3) is 0 Å². The molecule has 1 aromatic carbocycles. The number of aryl methyl sites for hydroxylation is 1. The van der Waals surface area contributed by atoms with E-state index in [0.717, 1.165) is 17.5 Å². The number of rotatable bonds is 0. The highest BCUT2D eigenvalue weighted by molar-refractivity contribution is 5.61. The maximum atomic E-state index is 13.5. The Morgan fingerprint density at radius 2 is 2.15 bits per heavy atom. The van der Waals surface area contributed by atoms with Crippen molar-refractivity contribution in [1.82, 2.24) is 0 Å². The quantitative estimate of drug-likeness (QED) is 0.566. The van der Waals surface area contributed by atoms with E-state index < -0.39 is 0 Å². The molecule has 0 nitrogen and oxygen atoms in total. The van der Waals surface area contributed by atoms with E-state index >= 15 is 0 Å². The second kappa shape index (κ2) is 2.99. The average molecular weight is 176 g/mol. The summed E-state index contributed by atoms with van der Waals surface area (Å²) in [6.07, 6.45) is 5.11. The second-order valence-electron chi connectivity index (χ2n) is 3.73. The number of benzene rings is 1. The van der Waals surface area contributed by atoms with Crippen molar-refractivity contribution in [1.29, 1.82) is 0 Å². The number of halogens is 1. The smallest absolute Gasteiger partial charge is 0.127 e. The average Bonchev–Trinajstić information content (AvgIpc) is 2.12. The molecule has 0 aromatic heterocycles. The topological polar surface area (TPSA) is 0 Å². The van der Waals surface area contributed by atoms with E-state index in [2.05, 4.69) is 13.0 Å². The summed E-state index contributed by atoms with van der Waals surface area (Å²) in [4.78, 5) is 0. The predicted molar refractivity (Wildman–Crippen MR) is 53.2 cm³/mol. The summed E-state index contributed by atoms with van der Waals surface area (Å²) >= 11 is 0. The second-order valence-corrected chi connectivity index (χ2v) is 3.73. The third kappa shape index (κ3) is 1.28. The summed E-state index contributed by atoms with van der Waals surface area (Å²) in [6, 6.07) is 3.42. The van der Waals surface area contributed by atoms with Crippen molar-refractivity contribution in [2.75, 3.05) is 0 Å². The molecule has 0 radical (unpaired) electrons. The first-order valence-corrected chi connectivity index (χ1v) is 4.65. The minimum Gasteiger partial charge on any atom is -0.207 e. The summed E-state index contributed by atoms with van der Waals surface area (Å²) in [7, 11) is 0.